The van der Waals surface area contributed by atoms with Crippen molar-refractivity contribution in [3.05, 3.63) is 29.8 Å². The number of fused-ring (bicyclic) bond motifs is 1. The lowest BCUT2D eigenvalue weighted by atomic mass is 9.92. The highest BCUT2D eigenvalue weighted by Crippen LogP contribution is 2.27. The van der Waals surface area contributed by atoms with Crippen molar-refractivity contribution >= 4 is 34.2 Å². The number of amides is 2. The number of aryl methyl sites for hydroxylation is 1. The number of nitrogens with zero attached hydrogens (tertiary/aromatic N) is 3. The standard InChI is InChI=1S/C29H43N5O2/c1-21-16-22(2)20-33(19-21)13-7-12-30-28(35)10-11-29(36)31-24-8-9-26-25(18-24)23(3)17-27(32-26)34-14-5-4-6-15-34/h8-9,17-18,21-22H,4-7,10-16,19-20H2,1-3H3,(H,30,35)(H,31,36)/t21-,22-/m1/s1. The fraction of sp³-hybridized carbons (Fsp3) is 0.621. The molecule has 4 rings (SSSR count). The minimum Gasteiger partial charge on any atom is -0.357 e. The third kappa shape index (κ3) is 7.42. The Morgan fingerprint density at radius 3 is 2.47 bits per heavy atom. The summed E-state index contributed by atoms with van der Waals surface area (Å²) in [6.45, 7) is 12.9. The van der Waals surface area contributed by atoms with Gasteiger partial charge in [0.1, 0.15) is 5.82 Å². The lowest BCUT2D eigenvalue weighted by Gasteiger charge is -2.34. The van der Waals surface area contributed by atoms with Gasteiger partial charge >= 0.3 is 0 Å². The summed E-state index contributed by atoms with van der Waals surface area (Å²) < 4.78 is 0. The molecule has 0 aliphatic carbocycles. The number of hydrogen-bond donors (Lipinski definition) is 2. The lowest BCUT2D eigenvalue weighted by Crippen LogP contribution is -2.40. The van der Waals surface area contributed by atoms with Gasteiger partial charge in [-0.1, -0.05) is 13.8 Å². The second-order valence-corrected chi connectivity index (χ2v) is 11.0. The Labute approximate surface area is 216 Å². The first-order chi connectivity index (χ1) is 17.4. The van der Waals surface area contributed by atoms with E-state index in [0.29, 0.717) is 6.54 Å². The molecule has 3 heterocycles. The van der Waals surface area contributed by atoms with E-state index < -0.39 is 0 Å². The molecular weight excluding hydrogens is 450 g/mol. The number of hydrogen-bond acceptors (Lipinski definition) is 5. The smallest absolute Gasteiger partial charge is 0.224 e. The highest BCUT2D eigenvalue weighted by molar-refractivity contribution is 5.96. The summed E-state index contributed by atoms with van der Waals surface area (Å²) in [4.78, 5) is 34.4. The monoisotopic (exact) mass is 493 g/mol. The number of nitrogens with one attached hydrogen (secondary N) is 2. The van der Waals surface area contributed by atoms with Crippen LogP contribution < -0.4 is 15.5 Å². The summed E-state index contributed by atoms with van der Waals surface area (Å²) in [6, 6.07) is 8.00. The van der Waals surface area contributed by atoms with E-state index >= 15 is 0 Å². The molecule has 2 atom stereocenters. The molecule has 0 spiro atoms. The van der Waals surface area contributed by atoms with E-state index in [9.17, 15) is 9.59 Å². The first-order valence-electron chi connectivity index (χ1n) is 13.8. The van der Waals surface area contributed by atoms with E-state index in [1.807, 2.05) is 18.2 Å². The van der Waals surface area contributed by atoms with Gasteiger partial charge in [-0.3, -0.25) is 9.59 Å². The maximum Gasteiger partial charge on any atom is 0.224 e. The maximum atomic E-state index is 12.5. The van der Waals surface area contributed by atoms with Crippen molar-refractivity contribution in [2.75, 3.05) is 49.5 Å². The molecule has 0 saturated carbocycles. The van der Waals surface area contributed by atoms with Gasteiger partial charge in [0, 0.05) is 56.6 Å². The van der Waals surface area contributed by atoms with Crippen LogP contribution >= 0.6 is 0 Å². The number of anilines is 2. The molecule has 7 heteroatoms. The first-order valence-corrected chi connectivity index (χ1v) is 13.8. The average molecular weight is 494 g/mol. The number of likely N-dealkylation sites (tertiary alicyclic amines) is 1. The van der Waals surface area contributed by atoms with Gasteiger partial charge in [-0.05, 0) is 87.2 Å². The first kappa shape index (κ1) is 26.4. The normalized spacial score (nSPS) is 20.9. The van der Waals surface area contributed by atoms with Crippen LogP contribution in [0.5, 0.6) is 0 Å². The van der Waals surface area contributed by atoms with Crippen LogP contribution in [0.2, 0.25) is 0 Å². The number of benzene rings is 1. The summed E-state index contributed by atoms with van der Waals surface area (Å²) >= 11 is 0. The zero-order valence-electron chi connectivity index (χ0n) is 22.3. The van der Waals surface area contributed by atoms with Gasteiger partial charge in [0.25, 0.3) is 0 Å². The van der Waals surface area contributed by atoms with Gasteiger partial charge < -0.3 is 20.4 Å². The van der Waals surface area contributed by atoms with Crippen LogP contribution in [0.3, 0.4) is 0 Å². The Hall–Kier alpha value is -2.67. The second kappa shape index (κ2) is 12.5. The van der Waals surface area contributed by atoms with Crippen LogP contribution in [-0.4, -0.2) is 61.0 Å². The predicted octanol–water partition coefficient (Wildman–Crippen LogP) is 4.74. The topological polar surface area (TPSA) is 77.6 Å². The van der Waals surface area contributed by atoms with Gasteiger partial charge in [-0.25, -0.2) is 4.98 Å². The van der Waals surface area contributed by atoms with Crippen LogP contribution in [0, 0.1) is 18.8 Å². The van der Waals surface area contributed by atoms with E-state index in [2.05, 4.69) is 47.3 Å². The van der Waals surface area contributed by atoms with E-state index in [4.69, 9.17) is 4.98 Å². The third-order valence-electron chi connectivity index (χ3n) is 7.46. The average Bonchev–Trinajstić information content (AvgIpc) is 2.85. The maximum absolute atomic E-state index is 12.5. The molecule has 0 radical (unpaired) electrons. The Morgan fingerprint density at radius 2 is 1.72 bits per heavy atom. The Bertz CT molecular complexity index is 1040. The molecule has 2 aromatic rings. The predicted molar refractivity (Wildman–Crippen MR) is 147 cm³/mol. The molecule has 7 nitrogen and oxygen atoms in total. The highest BCUT2D eigenvalue weighted by atomic mass is 16.2. The van der Waals surface area contributed by atoms with Crippen LogP contribution in [-0.2, 0) is 9.59 Å². The van der Waals surface area contributed by atoms with Crippen molar-refractivity contribution in [1.29, 1.82) is 0 Å². The van der Waals surface area contributed by atoms with Crippen molar-refractivity contribution in [2.24, 2.45) is 11.8 Å². The highest BCUT2D eigenvalue weighted by Gasteiger charge is 2.21. The van der Waals surface area contributed by atoms with Crippen molar-refractivity contribution < 1.29 is 9.59 Å². The van der Waals surface area contributed by atoms with Crippen LogP contribution in [0.25, 0.3) is 10.9 Å². The molecular formula is C29H43N5O2. The molecule has 2 aliphatic rings. The van der Waals surface area contributed by atoms with Crippen molar-refractivity contribution in [2.45, 2.75) is 65.7 Å². The van der Waals surface area contributed by atoms with Crippen LogP contribution in [0.4, 0.5) is 11.5 Å². The van der Waals surface area contributed by atoms with Crippen LogP contribution in [0.1, 0.15) is 64.4 Å². The Balaban J connectivity index is 1.20. The number of aromatic nitrogens is 1. The van der Waals surface area contributed by atoms with Crippen molar-refractivity contribution in [1.82, 2.24) is 15.2 Å². The van der Waals surface area contributed by atoms with E-state index in [1.54, 1.807) is 0 Å². The minimum atomic E-state index is -0.142. The molecule has 1 aromatic carbocycles. The number of carbonyl (C=O) groups excluding carboxylic acids is 2. The summed E-state index contributed by atoms with van der Waals surface area (Å²) in [7, 11) is 0. The minimum absolute atomic E-state index is 0.0608. The zero-order chi connectivity index (χ0) is 25.5. The number of carbonyl (C=O) groups is 2. The van der Waals surface area contributed by atoms with E-state index in [1.165, 1.54) is 25.7 Å². The van der Waals surface area contributed by atoms with Crippen LogP contribution in [0.15, 0.2) is 24.3 Å². The fourth-order valence-corrected chi connectivity index (χ4v) is 5.78. The number of piperidine rings is 2. The SMILES string of the molecule is Cc1cc(N2CCCCC2)nc2ccc(NC(=O)CCC(=O)NCCCN3C[C@H](C)C[C@@H](C)C3)cc12. The zero-order valence-corrected chi connectivity index (χ0v) is 22.3. The molecule has 1 aromatic heterocycles. The van der Waals surface area contributed by atoms with E-state index in [-0.39, 0.29) is 24.7 Å². The Kier molecular flexibility index (Phi) is 9.19. The third-order valence-corrected chi connectivity index (χ3v) is 7.46. The quantitative estimate of drug-likeness (QED) is 0.494. The molecule has 2 amide bonds. The molecule has 196 valence electrons. The van der Waals surface area contributed by atoms with Gasteiger partial charge in [0.05, 0.1) is 5.52 Å². The summed E-state index contributed by atoms with van der Waals surface area (Å²) in [5.41, 5.74) is 2.85. The largest absolute Gasteiger partial charge is 0.357 e. The van der Waals surface area contributed by atoms with E-state index in [0.717, 1.165) is 79.0 Å². The molecule has 36 heavy (non-hydrogen) atoms. The number of pyridine rings is 1. The van der Waals surface area contributed by atoms with Gasteiger partial charge in [-0.2, -0.15) is 0 Å². The van der Waals surface area contributed by atoms with Gasteiger partial charge in [-0.15, -0.1) is 0 Å². The summed E-state index contributed by atoms with van der Waals surface area (Å²) in [5.74, 6) is 2.34. The molecule has 0 unspecified atom stereocenters. The molecule has 2 fully saturated rings. The summed E-state index contributed by atoms with van der Waals surface area (Å²) in [6.07, 6.45) is 6.38. The summed E-state index contributed by atoms with van der Waals surface area (Å²) in [5, 5.41) is 6.96. The molecule has 2 aliphatic heterocycles. The van der Waals surface area contributed by atoms with Crippen molar-refractivity contribution in [3.63, 3.8) is 0 Å². The van der Waals surface area contributed by atoms with Gasteiger partial charge in [0.2, 0.25) is 11.8 Å². The number of rotatable bonds is 9. The van der Waals surface area contributed by atoms with Gasteiger partial charge in [0.15, 0.2) is 0 Å². The second-order valence-electron chi connectivity index (χ2n) is 11.0. The fourth-order valence-electron chi connectivity index (χ4n) is 5.78. The Morgan fingerprint density at radius 1 is 1.00 bits per heavy atom. The molecule has 2 N–H and O–H groups in total. The molecule has 2 saturated heterocycles. The lowest BCUT2D eigenvalue weighted by molar-refractivity contribution is -0.124. The van der Waals surface area contributed by atoms with Crippen molar-refractivity contribution in [3.8, 4) is 0 Å². The molecule has 0 bridgehead atoms.